The van der Waals surface area contributed by atoms with Gasteiger partial charge in [0.15, 0.2) is 11.5 Å². The van der Waals surface area contributed by atoms with Gasteiger partial charge in [-0.3, -0.25) is 4.79 Å². The maximum absolute atomic E-state index is 11.9. The van der Waals surface area contributed by atoms with Gasteiger partial charge in [-0.25, -0.2) is 5.43 Å². The highest BCUT2D eigenvalue weighted by Gasteiger charge is 2.12. The molecule has 1 aliphatic rings. The van der Waals surface area contributed by atoms with E-state index in [1.54, 1.807) is 18.3 Å². The molecular formula is C16H14N2O3. The number of hydrogen-bond acceptors (Lipinski definition) is 4. The lowest BCUT2D eigenvalue weighted by molar-refractivity contribution is 0.0955. The van der Waals surface area contributed by atoms with Crippen molar-refractivity contribution in [3.05, 3.63) is 59.2 Å². The van der Waals surface area contributed by atoms with Crippen molar-refractivity contribution in [1.29, 1.82) is 0 Å². The van der Waals surface area contributed by atoms with Gasteiger partial charge < -0.3 is 9.47 Å². The fraction of sp³-hybridized carbons (Fsp3) is 0.125. The van der Waals surface area contributed by atoms with E-state index in [0.29, 0.717) is 11.3 Å². The Labute approximate surface area is 122 Å². The normalized spacial score (nSPS) is 12.6. The van der Waals surface area contributed by atoms with Gasteiger partial charge >= 0.3 is 0 Å². The standard InChI is InChI=1S/C16H14N2O3/c1-11-2-5-13(6-3-11)16(19)18-17-9-12-4-7-14-15(8-12)21-10-20-14/h2-9H,10H2,1H3,(H,18,19)/b17-9-. The van der Waals surface area contributed by atoms with Gasteiger partial charge in [0.05, 0.1) is 6.21 Å². The fourth-order valence-electron chi connectivity index (χ4n) is 1.93. The van der Waals surface area contributed by atoms with Crippen molar-refractivity contribution in [1.82, 2.24) is 5.43 Å². The number of carbonyl (C=O) groups excluding carboxylic acids is 1. The molecule has 106 valence electrons. The minimum atomic E-state index is -0.244. The first-order valence-electron chi connectivity index (χ1n) is 6.52. The Morgan fingerprint density at radius 3 is 2.71 bits per heavy atom. The summed E-state index contributed by atoms with van der Waals surface area (Å²) in [5.74, 6) is 1.16. The van der Waals surface area contributed by atoms with Gasteiger partial charge in [0.2, 0.25) is 6.79 Å². The molecule has 0 saturated carbocycles. The molecule has 0 saturated heterocycles. The zero-order chi connectivity index (χ0) is 14.7. The molecule has 0 radical (unpaired) electrons. The zero-order valence-electron chi connectivity index (χ0n) is 11.5. The van der Waals surface area contributed by atoms with E-state index in [1.165, 1.54) is 0 Å². The minimum Gasteiger partial charge on any atom is -0.454 e. The quantitative estimate of drug-likeness (QED) is 0.695. The molecule has 1 N–H and O–H groups in total. The van der Waals surface area contributed by atoms with Crippen LogP contribution in [0.2, 0.25) is 0 Å². The molecule has 1 amide bonds. The fourth-order valence-corrected chi connectivity index (χ4v) is 1.93. The Hall–Kier alpha value is -2.82. The summed E-state index contributed by atoms with van der Waals surface area (Å²) >= 11 is 0. The van der Waals surface area contributed by atoms with Crippen molar-refractivity contribution >= 4 is 12.1 Å². The number of hydrogen-bond donors (Lipinski definition) is 1. The summed E-state index contributed by atoms with van der Waals surface area (Å²) in [4.78, 5) is 11.9. The van der Waals surface area contributed by atoms with Gasteiger partial charge in [-0.1, -0.05) is 17.7 Å². The molecule has 0 fully saturated rings. The average molecular weight is 282 g/mol. The second kappa shape index (κ2) is 5.66. The molecule has 3 rings (SSSR count). The van der Waals surface area contributed by atoms with Crippen LogP contribution in [-0.2, 0) is 0 Å². The Morgan fingerprint density at radius 1 is 1.14 bits per heavy atom. The number of hydrazone groups is 1. The first-order chi connectivity index (χ1) is 10.2. The van der Waals surface area contributed by atoms with Gasteiger partial charge in [0.25, 0.3) is 5.91 Å². The van der Waals surface area contributed by atoms with Crippen LogP contribution in [0, 0.1) is 6.92 Å². The number of ether oxygens (including phenoxy) is 2. The van der Waals surface area contributed by atoms with Crippen molar-refractivity contribution in [2.24, 2.45) is 5.10 Å². The summed E-state index contributed by atoms with van der Waals surface area (Å²) < 4.78 is 10.5. The van der Waals surface area contributed by atoms with Crippen molar-refractivity contribution < 1.29 is 14.3 Å². The molecule has 21 heavy (non-hydrogen) atoms. The van der Waals surface area contributed by atoms with Gasteiger partial charge in [0.1, 0.15) is 0 Å². The topological polar surface area (TPSA) is 59.9 Å². The molecule has 0 aliphatic carbocycles. The molecule has 0 aromatic heterocycles. The number of nitrogens with zero attached hydrogens (tertiary/aromatic N) is 1. The van der Waals surface area contributed by atoms with E-state index in [1.807, 2.05) is 37.3 Å². The molecule has 0 bridgehead atoms. The SMILES string of the molecule is Cc1ccc(C(=O)N/N=C\c2ccc3c(c2)OCO3)cc1. The van der Waals surface area contributed by atoms with Gasteiger partial charge in [-0.15, -0.1) is 0 Å². The van der Waals surface area contributed by atoms with E-state index >= 15 is 0 Å². The highest BCUT2D eigenvalue weighted by molar-refractivity contribution is 5.94. The van der Waals surface area contributed by atoms with E-state index in [9.17, 15) is 4.79 Å². The maximum atomic E-state index is 11.9. The van der Waals surface area contributed by atoms with Crippen LogP contribution in [0.4, 0.5) is 0 Å². The highest BCUT2D eigenvalue weighted by Crippen LogP contribution is 2.31. The van der Waals surface area contributed by atoms with Crippen molar-refractivity contribution in [2.75, 3.05) is 6.79 Å². The van der Waals surface area contributed by atoms with Crippen LogP contribution >= 0.6 is 0 Å². The molecule has 2 aromatic rings. The first kappa shape index (κ1) is 13.2. The second-order valence-corrected chi connectivity index (χ2v) is 4.68. The van der Waals surface area contributed by atoms with Crippen molar-refractivity contribution in [3.63, 3.8) is 0 Å². The highest BCUT2D eigenvalue weighted by atomic mass is 16.7. The largest absolute Gasteiger partial charge is 0.454 e. The van der Waals surface area contributed by atoms with Crippen LogP contribution < -0.4 is 14.9 Å². The van der Waals surface area contributed by atoms with Crippen LogP contribution in [-0.4, -0.2) is 18.9 Å². The Morgan fingerprint density at radius 2 is 1.90 bits per heavy atom. The van der Waals surface area contributed by atoms with E-state index in [-0.39, 0.29) is 12.7 Å². The maximum Gasteiger partial charge on any atom is 0.271 e. The number of amides is 1. The average Bonchev–Trinajstić information content (AvgIpc) is 2.95. The van der Waals surface area contributed by atoms with E-state index < -0.39 is 0 Å². The summed E-state index contributed by atoms with van der Waals surface area (Å²) in [5.41, 5.74) is 5.00. The van der Waals surface area contributed by atoms with E-state index in [4.69, 9.17) is 9.47 Å². The third-order valence-corrected chi connectivity index (χ3v) is 3.09. The number of nitrogens with one attached hydrogen (secondary N) is 1. The monoisotopic (exact) mass is 282 g/mol. The van der Waals surface area contributed by atoms with Gasteiger partial charge in [0, 0.05) is 5.56 Å². The summed E-state index contributed by atoms with van der Waals surface area (Å²) in [6, 6.07) is 12.8. The number of aryl methyl sites for hydroxylation is 1. The van der Waals surface area contributed by atoms with E-state index in [2.05, 4.69) is 10.5 Å². The molecule has 1 aliphatic heterocycles. The summed E-state index contributed by atoms with van der Waals surface area (Å²) in [7, 11) is 0. The van der Waals surface area contributed by atoms with Crippen LogP contribution in [0.15, 0.2) is 47.6 Å². The lowest BCUT2D eigenvalue weighted by Gasteiger charge is -2.00. The molecule has 5 heteroatoms. The van der Waals surface area contributed by atoms with Crippen molar-refractivity contribution in [3.8, 4) is 11.5 Å². The molecule has 0 unspecified atom stereocenters. The van der Waals surface area contributed by atoms with Crippen LogP contribution in [0.1, 0.15) is 21.5 Å². The number of carbonyl (C=O) groups is 1. The molecule has 1 heterocycles. The Kier molecular flexibility index (Phi) is 3.55. The second-order valence-electron chi connectivity index (χ2n) is 4.68. The van der Waals surface area contributed by atoms with Crippen LogP contribution in [0.25, 0.3) is 0 Å². The van der Waals surface area contributed by atoms with Gasteiger partial charge in [-0.05, 0) is 42.8 Å². The molecule has 0 spiro atoms. The number of fused-ring (bicyclic) bond motifs is 1. The van der Waals surface area contributed by atoms with E-state index in [0.717, 1.165) is 16.9 Å². The summed E-state index contributed by atoms with van der Waals surface area (Å²) in [6.45, 7) is 2.21. The summed E-state index contributed by atoms with van der Waals surface area (Å²) in [5, 5.41) is 3.94. The zero-order valence-corrected chi connectivity index (χ0v) is 11.5. The summed E-state index contributed by atoms with van der Waals surface area (Å²) in [6.07, 6.45) is 1.56. The Bertz CT molecular complexity index is 693. The number of rotatable bonds is 3. The Balaban J connectivity index is 1.64. The molecular weight excluding hydrogens is 268 g/mol. The first-order valence-corrected chi connectivity index (χ1v) is 6.52. The molecule has 5 nitrogen and oxygen atoms in total. The third kappa shape index (κ3) is 3.02. The minimum absolute atomic E-state index is 0.236. The predicted octanol–water partition coefficient (Wildman–Crippen LogP) is 2.49. The predicted molar refractivity (Wildman–Crippen MR) is 78.8 cm³/mol. The van der Waals surface area contributed by atoms with Crippen molar-refractivity contribution in [2.45, 2.75) is 6.92 Å². The smallest absolute Gasteiger partial charge is 0.271 e. The molecule has 0 atom stereocenters. The molecule has 2 aromatic carbocycles. The lowest BCUT2D eigenvalue weighted by Crippen LogP contribution is -2.17. The van der Waals surface area contributed by atoms with Crippen LogP contribution in [0.3, 0.4) is 0 Å². The lowest BCUT2D eigenvalue weighted by atomic mass is 10.1. The third-order valence-electron chi connectivity index (χ3n) is 3.09. The van der Waals surface area contributed by atoms with Crippen LogP contribution in [0.5, 0.6) is 11.5 Å². The number of benzene rings is 2. The van der Waals surface area contributed by atoms with Gasteiger partial charge in [-0.2, -0.15) is 5.10 Å².